The third-order valence-electron chi connectivity index (χ3n) is 1.77. The van der Waals surface area contributed by atoms with Crippen molar-refractivity contribution in [3.8, 4) is 6.07 Å². The van der Waals surface area contributed by atoms with Crippen LogP contribution in [0, 0.1) is 11.3 Å². The van der Waals surface area contributed by atoms with Crippen molar-refractivity contribution >= 4 is 17.5 Å². The zero-order valence-electron chi connectivity index (χ0n) is 6.38. The smallest absolute Gasteiger partial charge is 0.134 e. The van der Waals surface area contributed by atoms with Crippen LogP contribution in [0.3, 0.4) is 0 Å². The Kier molecular flexibility index (Phi) is 3.44. The van der Waals surface area contributed by atoms with Crippen molar-refractivity contribution in [3.05, 3.63) is 0 Å². The number of carbonyl (C=O) groups excluding carboxylic acids is 1. The molecule has 0 amide bonds. The van der Waals surface area contributed by atoms with E-state index in [1.807, 2.05) is 11.8 Å². The third kappa shape index (κ3) is 2.94. The van der Waals surface area contributed by atoms with Gasteiger partial charge in [-0.05, 0) is 6.42 Å². The molecule has 0 spiro atoms. The minimum absolute atomic E-state index is 0.367. The summed E-state index contributed by atoms with van der Waals surface area (Å²) in [6.07, 6.45) is 2.89. The van der Waals surface area contributed by atoms with Crippen LogP contribution in [0.1, 0.15) is 25.7 Å². The normalized spacial score (nSPS) is 24.6. The van der Waals surface area contributed by atoms with Crippen LogP contribution in [-0.4, -0.2) is 16.8 Å². The molecule has 1 atom stereocenters. The van der Waals surface area contributed by atoms with Crippen molar-refractivity contribution in [1.29, 1.82) is 5.26 Å². The molecule has 3 heteroatoms. The maximum Gasteiger partial charge on any atom is 0.134 e. The van der Waals surface area contributed by atoms with Crippen molar-refractivity contribution in [2.75, 3.05) is 5.75 Å². The average molecular weight is 169 g/mol. The summed E-state index contributed by atoms with van der Waals surface area (Å²) in [7, 11) is 0. The van der Waals surface area contributed by atoms with Gasteiger partial charge in [-0.25, -0.2) is 0 Å². The Morgan fingerprint density at radius 2 is 2.55 bits per heavy atom. The van der Waals surface area contributed by atoms with E-state index in [0.717, 1.165) is 18.6 Å². The van der Waals surface area contributed by atoms with E-state index >= 15 is 0 Å². The van der Waals surface area contributed by atoms with Crippen LogP contribution >= 0.6 is 11.8 Å². The van der Waals surface area contributed by atoms with E-state index in [1.54, 1.807) is 0 Å². The Bertz CT molecular complexity index is 185. The van der Waals surface area contributed by atoms with Gasteiger partial charge >= 0.3 is 0 Å². The lowest BCUT2D eigenvalue weighted by Crippen LogP contribution is -2.17. The first kappa shape index (κ1) is 8.61. The summed E-state index contributed by atoms with van der Waals surface area (Å²) in [5, 5.41) is 8.75. The van der Waals surface area contributed by atoms with Crippen molar-refractivity contribution in [2.45, 2.75) is 30.9 Å². The van der Waals surface area contributed by atoms with E-state index in [9.17, 15) is 4.79 Å². The molecular weight excluding hydrogens is 158 g/mol. The highest BCUT2D eigenvalue weighted by molar-refractivity contribution is 8.00. The monoisotopic (exact) mass is 169 g/mol. The van der Waals surface area contributed by atoms with Crippen LogP contribution in [0.25, 0.3) is 0 Å². The number of ketones is 1. The number of hydrogen-bond donors (Lipinski definition) is 0. The van der Waals surface area contributed by atoms with E-state index in [1.165, 1.54) is 0 Å². The largest absolute Gasteiger partial charge is 0.300 e. The Hall–Kier alpha value is -0.490. The third-order valence-corrected chi connectivity index (χ3v) is 3.08. The summed E-state index contributed by atoms with van der Waals surface area (Å²) in [6.45, 7) is 0. The van der Waals surface area contributed by atoms with Crippen LogP contribution in [0.15, 0.2) is 0 Å². The molecule has 0 bridgehead atoms. The first-order chi connectivity index (χ1) is 5.33. The van der Waals surface area contributed by atoms with Gasteiger partial charge in [-0.3, -0.25) is 4.79 Å². The van der Waals surface area contributed by atoms with Crippen LogP contribution in [0.4, 0.5) is 0 Å². The van der Waals surface area contributed by atoms with Crippen LogP contribution < -0.4 is 0 Å². The Morgan fingerprint density at radius 3 is 3.18 bits per heavy atom. The highest BCUT2D eigenvalue weighted by atomic mass is 32.2. The van der Waals surface area contributed by atoms with Crippen LogP contribution in [-0.2, 0) is 4.79 Å². The molecule has 1 fully saturated rings. The van der Waals surface area contributed by atoms with Gasteiger partial charge in [-0.15, -0.1) is 0 Å². The maximum absolute atomic E-state index is 10.9. The molecule has 0 aliphatic carbocycles. The topological polar surface area (TPSA) is 40.9 Å². The number of carbonyl (C=O) groups is 1. The predicted molar refractivity (Wildman–Crippen MR) is 45.3 cm³/mol. The summed E-state index contributed by atoms with van der Waals surface area (Å²) < 4.78 is 0. The standard InChI is InChI=1S/C8H11NOS/c9-4-1-2-8-6-7(10)3-5-11-8/h8H,1-3,5-6H2. The number of hydrogen-bond acceptors (Lipinski definition) is 3. The number of thioether (sulfide) groups is 1. The summed E-state index contributed by atoms with van der Waals surface area (Å²) in [5.41, 5.74) is 0. The van der Waals surface area contributed by atoms with E-state index in [2.05, 4.69) is 6.07 Å². The van der Waals surface area contributed by atoms with Gasteiger partial charge in [0.15, 0.2) is 0 Å². The highest BCUT2D eigenvalue weighted by Crippen LogP contribution is 2.26. The minimum atomic E-state index is 0.367. The second kappa shape index (κ2) is 4.40. The van der Waals surface area contributed by atoms with Crippen molar-refractivity contribution in [2.24, 2.45) is 0 Å². The summed E-state index contributed by atoms with van der Waals surface area (Å²) >= 11 is 1.83. The van der Waals surface area contributed by atoms with Gasteiger partial charge in [0, 0.05) is 30.3 Å². The first-order valence-corrected chi connectivity index (χ1v) is 4.88. The fraction of sp³-hybridized carbons (Fsp3) is 0.750. The van der Waals surface area contributed by atoms with Gasteiger partial charge in [-0.1, -0.05) is 0 Å². The molecule has 1 rings (SSSR count). The molecular formula is C8H11NOS. The molecule has 1 unspecified atom stereocenters. The molecule has 1 aliphatic rings. The molecule has 2 nitrogen and oxygen atoms in total. The lowest BCUT2D eigenvalue weighted by molar-refractivity contribution is -0.118. The second-order valence-electron chi connectivity index (χ2n) is 2.68. The maximum atomic E-state index is 10.9. The highest BCUT2D eigenvalue weighted by Gasteiger charge is 2.18. The number of nitrogens with zero attached hydrogens (tertiary/aromatic N) is 1. The Balaban J connectivity index is 2.24. The van der Waals surface area contributed by atoms with Gasteiger partial charge in [-0.2, -0.15) is 17.0 Å². The van der Waals surface area contributed by atoms with Gasteiger partial charge in [0.05, 0.1) is 6.07 Å². The van der Waals surface area contributed by atoms with Gasteiger partial charge in [0.1, 0.15) is 5.78 Å². The van der Waals surface area contributed by atoms with Gasteiger partial charge in [0.25, 0.3) is 0 Å². The summed E-state index contributed by atoms with van der Waals surface area (Å²) in [6, 6.07) is 2.11. The van der Waals surface area contributed by atoms with Crippen molar-refractivity contribution in [3.63, 3.8) is 0 Å². The molecule has 0 aromatic carbocycles. The second-order valence-corrected chi connectivity index (χ2v) is 4.09. The zero-order chi connectivity index (χ0) is 8.10. The minimum Gasteiger partial charge on any atom is -0.300 e. The number of rotatable bonds is 2. The van der Waals surface area contributed by atoms with E-state index in [-0.39, 0.29) is 0 Å². The molecule has 0 saturated carbocycles. The molecule has 0 aromatic heterocycles. The van der Waals surface area contributed by atoms with E-state index in [0.29, 0.717) is 23.9 Å². The summed E-state index contributed by atoms with van der Waals surface area (Å²) in [4.78, 5) is 10.9. The molecule has 0 radical (unpaired) electrons. The molecule has 1 aliphatic heterocycles. The number of nitriles is 1. The quantitative estimate of drug-likeness (QED) is 0.632. The Labute approximate surface area is 71.0 Å². The van der Waals surface area contributed by atoms with E-state index < -0.39 is 0 Å². The molecule has 0 aromatic rings. The first-order valence-electron chi connectivity index (χ1n) is 3.83. The number of Topliss-reactive ketones (excluding diaryl/α,β-unsaturated/α-hetero) is 1. The molecule has 11 heavy (non-hydrogen) atoms. The van der Waals surface area contributed by atoms with Crippen molar-refractivity contribution in [1.82, 2.24) is 0 Å². The van der Waals surface area contributed by atoms with E-state index in [4.69, 9.17) is 5.26 Å². The Morgan fingerprint density at radius 1 is 1.73 bits per heavy atom. The van der Waals surface area contributed by atoms with Crippen molar-refractivity contribution < 1.29 is 4.79 Å². The van der Waals surface area contributed by atoms with Gasteiger partial charge < -0.3 is 0 Å². The SMILES string of the molecule is N#CCCC1CC(=O)CCS1. The zero-order valence-corrected chi connectivity index (χ0v) is 7.19. The predicted octanol–water partition coefficient (Wildman–Crippen LogP) is 1.75. The fourth-order valence-electron chi connectivity index (χ4n) is 1.17. The lowest BCUT2D eigenvalue weighted by Gasteiger charge is -2.18. The van der Waals surface area contributed by atoms with Gasteiger partial charge in [0.2, 0.25) is 0 Å². The average Bonchev–Trinajstić information content (AvgIpc) is 2.01. The lowest BCUT2D eigenvalue weighted by atomic mass is 10.1. The fourth-order valence-corrected chi connectivity index (χ4v) is 2.43. The molecule has 60 valence electrons. The summed E-state index contributed by atoms with van der Waals surface area (Å²) in [5.74, 6) is 1.32. The molecule has 1 saturated heterocycles. The molecule has 0 N–H and O–H groups in total. The molecule has 1 heterocycles. The van der Waals surface area contributed by atoms with Crippen LogP contribution in [0.5, 0.6) is 0 Å². The van der Waals surface area contributed by atoms with Crippen LogP contribution in [0.2, 0.25) is 0 Å².